The van der Waals surface area contributed by atoms with Crippen LogP contribution in [0.25, 0.3) is 0 Å². The Balaban J connectivity index is 1.74. The Labute approximate surface area is 122 Å². The summed E-state index contributed by atoms with van der Waals surface area (Å²) >= 11 is 1.55. The van der Waals surface area contributed by atoms with Gasteiger partial charge in [-0.15, -0.1) is 0 Å². The minimum Gasteiger partial charge on any atom is -0.388 e. The third-order valence-electron chi connectivity index (χ3n) is 3.02. The smallest absolute Gasteiger partial charge is 0.319 e. The summed E-state index contributed by atoms with van der Waals surface area (Å²) in [5.41, 5.74) is 2.71. The molecule has 1 aromatic carbocycles. The molecule has 2 aromatic rings. The highest BCUT2D eigenvalue weighted by Gasteiger charge is 2.09. The van der Waals surface area contributed by atoms with Gasteiger partial charge in [0.2, 0.25) is 0 Å². The molecule has 0 spiro atoms. The number of aliphatic hydroxyl groups excluding tert-OH is 1. The quantitative estimate of drug-likeness (QED) is 0.791. The fourth-order valence-corrected chi connectivity index (χ4v) is 2.54. The number of carbonyl (C=O) groups is 1. The van der Waals surface area contributed by atoms with Crippen molar-refractivity contribution in [2.75, 3.05) is 11.9 Å². The first-order chi connectivity index (χ1) is 9.66. The van der Waals surface area contributed by atoms with Crippen molar-refractivity contribution in [1.82, 2.24) is 5.32 Å². The zero-order valence-electron chi connectivity index (χ0n) is 11.3. The molecule has 0 radical (unpaired) electrons. The molecule has 0 aliphatic heterocycles. The molecular weight excluding hydrogens is 272 g/mol. The molecule has 0 aliphatic rings. The van der Waals surface area contributed by atoms with E-state index in [9.17, 15) is 9.90 Å². The van der Waals surface area contributed by atoms with E-state index in [2.05, 4.69) is 10.6 Å². The van der Waals surface area contributed by atoms with Gasteiger partial charge in [-0.3, -0.25) is 0 Å². The van der Waals surface area contributed by atoms with E-state index in [0.29, 0.717) is 13.0 Å². The Hall–Kier alpha value is -1.85. The normalized spacial score (nSPS) is 11.9. The average Bonchev–Trinajstić information content (AvgIpc) is 2.95. The molecule has 4 nitrogen and oxygen atoms in total. The molecule has 0 unspecified atom stereocenters. The van der Waals surface area contributed by atoms with Gasteiger partial charge in [-0.2, -0.15) is 11.3 Å². The van der Waals surface area contributed by atoms with Crippen LogP contribution in [-0.2, 0) is 0 Å². The van der Waals surface area contributed by atoms with Crippen LogP contribution in [-0.4, -0.2) is 17.7 Å². The maximum Gasteiger partial charge on any atom is 0.319 e. The van der Waals surface area contributed by atoms with Crippen molar-refractivity contribution in [3.8, 4) is 0 Å². The van der Waals surface area contributed by atoms with Crippen LogP contribution < -0.4 is 10.6 Å². The number of urea groups is 1. The summed E-state index contributed by atoms with van der Waals surface area (Å²) in [6.45, 7) is 2.37. The number of benzene rings is 1. The molecule has 2 amide bonds. The Morgan fingerprint density at radius 2 is 2.15 bits per heavy atom. The van der Waals surface area contributed by atoms with E-state index in [-0.39, 0.29) is 6.03 Å². The van der Waals surface area contributed by atoms with Crippen LogP contribution in [0.15, 0.2) is 41.1 Å². The molecule has 3 N–H and O–H groups in total. The van der Waals surface area contributed by atoms with Gasteiger partial charge in [-0.1, -0.05) is 18.2 Å². The van der Waals surface area contributed by atoms with E-state index in [0.717, 1.165) is 16.8 Å². The molecule has 106 valence electrons. The summed E-state index contributed by atoms with van der Waals surface area (Å²) in [7, 11) is 0. The Morgan fingerprint density at radius 3 is 2.85 bits per heavy atom. The van der Waals surface area contributed by atoms with Crippen molar-refractivity contribution in [1.29, 1.82) is 0 Å². The third kappa shape index (κ3) is 4.08. The molecule has 0 saturated heterocycles. The lowest BCUT2D eigenvalue weighted by molar-refractivity contribution is 0.168. The highest BCUT2D eigenvalue weighted by molar-refractivity contribution is 7.07. The van der Waals surface area contributed by atoms with Crippen LogP contribution in [0.3, 0.4) is 0 Å². The lowest BCUT2D eigenvalue weighted by Crippen LogP contribution is -2.30. The summed E-state index contributed by atoms with van der Waals surface area (Å²) in [4.78, 5) is 11.7. The molecule has 0 saturated carbocycles. The minimum absolute atomic E-state index is 0.253. The van der Waals surface area contributed by atoms with Crippen molar-refractivity contribution < 1.29 is 9.90 Å². The minimum atomic E-state index is -0.528. The summed E-state index contributed by atoms with van der Waals surface area (Å²) < 4.78 is 0. The van der Waals surface area contributed by atoms with Gasteiger partial charge in [0.05, 0.1) is 6.10 Å². The number of thiophene rings is 1. The predicted molar refractivity (Wildman–Crippen MR) is 82.1 cm³/mol. The summed E-state index contributed by atoms with van der Waals surface area (Å²) in [6, 6.07) is 9.24. The second kappa shape index (κ2) is 7.07. The van der Waals surface area contributed by atoms with Gasteiger partial charge in [0.1, 0.15) is 0 Å². The number of amides is 2. The van der Waals surface area contributed by atoms with E-state index in [1.165, 1.54) is 0 Å². The third-order valence-corrected chi connectivity index (χ3v) is 3.73. The topological polar surface area (TPSA) is 61.4 Å². The summed E-state index contributed by atoms with van der Waals surface area (Å²) in [5.74, 6) is 0. The van der Waals surface area contributed by atoms with Gasteiger partial charge in [0, 0.05) is 12.2 Å². The Bertz CT molecular complexity index is 555. The van der Waals surface area contributed by atoms with E-state index in [1.54, 1.807) is 11.3 Å². The average molecular weight is 290 g/mol. The molecule has 2 rings (SSSR count). The second-order valence-electron chi connectivity index (χ2n) is 4.56. The lowest BCUT2D eigenvalue weighted by atomic mass is 10.1. The summed E-state index contributed by atoms with van der Waals surface area (Å²) in [5, 5.41) is 19.3. The number of aliphatic hydroxyl groups is 1. The number of para-hydroxylation sites is 1. The molecule has 5 heteroatoms. The van der Waals surface area contributed by atoms with Crippen LogP contribution in [0, 0.1) is 6.92 Å². The second-order valence-corrected chi connectivity index (χ2v) is 5.34. The van der Waals surface area contributed by atoms with Crippen LogP contribution in [0.5, 0.6) is 0 Å². The van der Waals surface area contributed by atoms with E-state index < -0.39 is 6.10 Å². The Morgan fingerprint density at radius 1 is 1.35 bits per heavy atom. The maximum atomic E-state index is 11.7. The van der Waals surface area contributed by atoms with Crippen molar-refractivity contribution in [2.24, 2.45) is 0 Å². The fraction of sp³-hybridized carbons (Fsp3) is 0.267. The number of hydrogen-bond donors (Lipinski definition) is 3. The molecule has 0 bridgehead atoms. The Kier molecular flexibility index (Phi) is 5.15. The SMILES string of the molecule is Cc1ccccc1NC(=O)NCC[C@@H](O)c1ccsc1. The molecule has 1 atom stereocenters. The van der Waals surface area contributed by atoms with Gasteiger partial charge in [0.15, 0.2) is 0 Å². The van der Waals surface area contributed by atoms with Crippen LogP contribution >= 0.6 is 11.3 Å². The van der Waals surface area contributed by atoms with Crippen molar-refractivity contribution in [3.63, 3.8) is 0 Å². The van der Waals surface area contributed by atoms with Crippen LogP contribution in [0.2, 0.25) is 0 Å². The highest BCUT2D eigenvalue weighted by Crippen LogP contribution is 2.18. The van der Waals surface area contributed by atoms with Crippen molar-refractivity contribution >= 4 is 23.1 Å². The number of hydrogen-bond acceptors (Lipinski definition) is 3. The molecule has 0 fully saturated rings. The number of anilines is 1. The monoisotopic (exact) mass is 290 g/mol. The van der Waals surface area contributed by atoms with Crippen LogP contribution in [0.4, 0.5) is 10.5 Å². The van der Waals surface area contributed by atoms with E-state index >= 15 is 0 Å². The first-order valence-corrected chi connectivity index (χ1v) is 7.42. The molecule has 1 heterocycles. The number of aryl methyl sites for hydroxylation is 1. The number of nitrogens with one attached hydrogen (secondary N) is 2. The zero-order chi connectivity index (χ0) is 14.4. The molecule has 0 aliphatic carbocycles. The highest BCUT2D eigenvalue weighted by atomic mass is 32.1. The largest absolute Gasteiger partial charge is 0.388 e. The van der Waals surface area contributed by atoms with Gasteiger partial charge in [-0.05, 0) is 47.4 Å². The van der Waals surface area contributed by atoms with Gasteiger partial charge in [0.25, 0.3) is 0 Å². The van der Waals surface area contributed by atoms with Crippen molar-refractivity contribution in [3.05, 3.63) is 52.2 Å². The number of carbonyl (C=O) groups excluding carboxylic acids is 1. The van der Waals surface area contributed by atoms with Gasteiger partial charge < -0.3 is 15.7 Å². The molecule has 1 aromatic heterocycles. The van der Waals surface area contributed by atoms with Crippen molar-refractivity contribution in [2.45, 2.75) is 19.4 Å². The predicted octanol–water partition coefficient (Wildman–Crippen LogP) is 3.30. The first kappa shape index (κ1) is 14.6. The van der Waals surface area contributed by atoms with Gasteiger partial charge in [-0.25, -0.2) is 4.79 Å². The first-order valence-electron chi connectivity index (χ1n) is 6.47. The van der Waals surface area contributed by atoms with Gasteiger partial charge >= 0.3 is 6.03 Å². The van der Waals surface area contributed by atoms with Crippen LogP contribution in [0.1, 0.15) is 23.7 Å². The fourth-order valence-electron chi connectivity index (χ4n) is 1.83. The van der Waals surface area contributed by atoms with E-state index in [1.807, 2.05) is 48.0 Å². The summed E-state index contributed by atoms with van der Waals surface area (Å²) in [6.07, 6.45) is -0.0298. The zero-order valence-corrected chi connectivity index (χ0v) is 12.1. The molecular formula is C15H18N2O2S. The lowest BCUT2D eigenvalue weighted by Gasteiger charge is -2.12. The molecule has 20 heavy (non-hydrogen) atoms. The maximum absolute atomic E-state index is 11.7. The van der Waals surface area contributed by atoms with E-state index in [4.69, 9.17) is 0 Å². The standard InChI is InChI=1S/C15H18N2O2S/c1-11-4-2-3-5-13(11)17-15(19)16-8-6-14(18)12-7-9-20-10-12/h2-5,7,9-10,14,18H,6,8H2,1H3,(H2,16,17,19)/t14-/m1/s1. The number of rotatable bonds is 5.